The van der Waals surface area contributed by atoms with Crippen molar-refractivity contribution in [2.75, 3.05) is 0 Å². The Bertz CT molecular complexity index is 1220. The first-order valence-electron chi connectivity index (χ1n) is 10.1. The topological polar surface area (TPSA) is 101 Å². The molecule has 0 saturated carbocycles. The van der Waals surface area contributed by atoms with Crippen LogP contribution in [0, 0.1) is 0 Å². The van der Waals surface area contributed by atoms with Gasteiger partial charge < -0.3 is 14.0 Å². The summed E-state index contributed by atoms with van der Waals surface area (Å²) in [5.74, 6) is -0.349. The number of imidazole rings is 1. The molecule has 0 saturated heterocycles. The van der Waals surface area contributed by atoms with Crippen LogP contribution in [0.3, 0.4) is 0 Å². The lowest BCUT2D eigenvalue weighted by molar-refractivity contribution is -0.274. The molecule has 2 aromatic heterocycles. The number of esters is 1. The van der Waals surface area contributed by atoms with Crippen LogP contribution in [-0.4, -0.2) is 43.4 Å². The number of fused-ring (bicyclic) bond motifs is 1. The third-order valence-electron chi connectivity index (χ3n) is 4.60. The summed E-state index contributed by atoms with van der Waals surface area (Å²) in [6.07, 6.45) is 0.133. The van der Waals surface area contributed by atoms with Crippen molar-refractivity contribution in [2.45, 2.75) is 45.6 Å². The van der Waals surface area contributed by atoms with Crippen molar-refractivity contribution < 1.29 is 27.4 Å². The molecule has 3 aromatic rings. The van der Waals surface area contributed by atoms with E-state index in [4.69, 9.17) is 4.74 Å². The SMILES string of the molecule is CC1N=C(Cn2cnc3ncn(C)c3c2=O)OC1=O.CCCc1ccc(OC(F)(F)F)cc1. The largest absolute Gasteiger partial charge is 0.573 e. The first-order chi connectivity index (χ1) is 15.6. The van der Waals surface area contributed by atoms with E-state index in [-0.39, 0.29) is 23.8 Å². The summed E-state index contributed by atoms with van der Waals surface area (Å²) in [6, 6.07) is 5.44. The van der Waals surface area contributed by atoms with E-state index in [9.17, 15) is 22.8 Å². The molecule has 0 spiro atoms. The maximum absolute atomic E-state index is 12.2. The Kier molecular flexibility index (Phi) is 7.14. The molecule has 9 nitrogen and oxygen atoms in total. The van der Waals surface area contributed by atoms with Gasteiger partial charge in [0, 0.05) is 7.05 Å². The molecule has 0 fully saturated rings. The smallest absolute Gasteiger partial charge is 0.408 e. The average molecular weight is 465 g/mol. The molecule has 1 atom stereocenters. The highest BCUT2D eigenvalue weighted by Gasteiger charge is 2.31. The van der Waals surface area contributed by atoms with E-state index in [1.807, 2.05) is 6.92 Å². The minimum Gasteiger partial charge on any atom is -0.408 e. The van der Waals surface area contributed by atoms with E-state index in [0.29, 0.717) is 11.2 Å². The lowest BCUT2D eigenvalue weighted by atomic mass is 10.1. The summed E-state index contributed by atoms with van der Waals surface area (Å²) in [5.41, 5.74) is 1.56. The molecule has 176 valence electrons. The minimum atomic E-state index is -4.60. The second-order valence-electron chi connectivity index (χ2n) is 7.27. The van der Waals surface area contributed by atoms with Gasteiger partial charge in [0.05, 0.1) is 6.33 Å². The zero-order valence-electron chi connectivity index (χ0n) is 18.2. The van der Waals surface area contributed by atoms with Crippen LogP contribution in [0.1, 0.15) is 25.8 Å². The summed E-state index contributed by atoms with van der Waals surface area (Å²) >= 11 is 0. The highest BCUT2D eigenvalue weighted by Crippen LogP contribution is 2.22. The van der Waals surface area contributed by atoms with Crippen molar-refractivity contribution in [3.63, 3.8) is 0 Å². The third kappa shape index (κ3) is 6.18. The van der Waals surface area contributed by atoms with Gasteiger partial charge in [-0.1, -0.05) is 25.5 Å². The number of carbonyl (C=O) groups excluding carboxylic acids is 1. The first kappa shape index (κ1) is 24.0. The van der Waals surface area contributed by atoms with Crippen molar-refractivity contribution in [1.82, 2.24) is 19.1 Å². The molecular formula is C21H22F3N5O4. The normalized spacial score (nSPS) is 15.6. The average Bonchev–Trinajstić information content (AvgIpc) is 3.27. The van der Waals surface area contributed by atoms with Gasteiger partial charge in [0.2, 0.25) is 5.90 Å². The quantitative estimate of drug-likeness (QED) is 0.537. The Hall–Kier alpha value is -3.70. The summed E-state index contributed by atoms with van der Waals surface area (Å²) in [4.78, 5) is 35.6. The van der Waals surface area contributed by atoms with Crippen LogP contribution in [0.15, 0.2) is 46.7 Å². The van der Waals surface area contributed by atoms with Crippen molar-refractivity contribution >= 4 is 23.0 Å². The number of aryl methyl sites for hydroxylation is 2. The van der Waals surface area contributed by atoms with Crippen molar-refractivity contribution in [3.8, 4) is 5.75 Å². The van der Waals surface area contributed by atoms with E-state index >= 15 is 0 Å². The highest BCUT2D eigenvalue weighted by molar-refractivity contribution is 5.96. The second-order valence-corrected chi connectivity index (χ2v) is 7.27. The van der Waals surface area contributed by atoms with Crippen molar-refractivity contribution in [1.29, 1.82) is 0 Å². The number of hydrogen-bond donors (Lipinski definition) is 0. The van der Waals surface area contributed by atoms with Crippen LogP contribution < -0.4 is 10.3 Å². The Morgan fingerprint density at radius 3 is 2.36 bits per heavy atom. The van der Waals surface area contributed by atoms with Crippen LogP contribution >= 0.6 is 0 Å². The minimum absolute atomic E-state index is 0.0863. The molecule has 1 unspecified atom stereocenters. The number of hydrogen-bond acceptors (Lipinski definition) is 7. The van der Waals surface area contributed by atoms with Crippen LogP contribution in [0.25, 0.3) is 11.2 Å². The van der Waals surface area contributed by atoms with Gasteiger partial charge in [-0.3, -0.25) is 9.36 Å². The predicted molar refractivity (Wildman–Crippen MR) is 113 cm³/mol. The van der Waals surface area contributed by atoms with Crippen LogP contribution in [0.2, 0.25) is 0 Å². The monoisotopic (exact) mass is 465 g/mol. The van der Waals surface area contributed by atoms with E-state index in [0.717, 1.165) is 18.4 Å². The molecule has 0 aliphatic carbocycles. The standard InChI is InChI=1S/C11H11N5O3.C10H11F3O/c1-6-11(18)19-7(14-6)3-16-5-13-9-8(10(16)17)15(2)4-12-9;1-2-3-8-4-6-9(7-5-8)14-10(11,12)13/h4-6H,3H2,1-2H3;4-7H,2-3H2,1H3. The number of halogens is 3. The number of benzene rings is 1. The third-order valence-corrected chi connectivity index (χ3v) is 4.60. The van der Waals surface area contributed by atoms with Gasteiger partial charge in [0.15, 0.2) is 11.2 Å². The Balaban J connectivity index is 0.000000196. The van der Waals surface area contributed by atoms with Crippen LogP contribution in [-0.2, 0) is 29.5 Å². The number of rotatable bonds is 5. The Morgan fingerprint density at radius 1 is 1.12 bits per heavy atom. The molecule has 3 heterocycles. The van der Waals surface area contributed by atoms with E-state index < -0.39 is 18.4 Å². The zero-order chi connectivity index (χ0) is 24.2. The van der Waals surface area contributed by atoms with Crippen molar-refractivity contribution in [3.05, 3.63) is 52.8 Å². The number of carbonyl (C=O) groups is 1. The van der Waals surface area contributed by atoms with Gasteiger partial charge in [-0.15, -0.1) is 13.2 Å². The van der Waals surface area contributed by atoms with E-state index in [1.54, 1.807) is 30.7 Å². The maximum atomic E-state index is 12.2. The van der Waals surface area contributed by atoms with E-state index in [1.165, 1.54) is 29.4 Å². The fraction of sp³-hybridized carbons (Fsp3) is 0.381. The van der Waals surface area contributed by atoms with Crippen LogP contribution in [0.5, 0.6) is 5.75 Å². The number of cyclic esters (lactones) is 1. The maximum Gasteiger partial charge on any atom is 0.573 e. The summed E-state index contributed by atoms with van der Waals surface area (Å²) in [7, 11) is 1.72. The van der Waals surface area contributed by atoms with Gasteiger partial charge in [-0.05, 0) is 31.0 Å². The number of aromatic nitrogens is 4. The molecule has 1 aliphatic rings. The van der Waals surface area contributed by atoms with Gasteiger partial charge in [0.25, 0.3) is 5.56 Å². The lowest BCUT2D eigenvalue weighted by Crippen LogP contribution is -2.26. The number of aliphatic imine (C=N–C) groups is 1. The molecule has 12 heteroatoms. The fourth-order valence-corrected chi connectivity index (χ4v) is 3.05. The van der Waals surface area contributed by atoms with Gasteiger partial charge in [0.1, 0.15) is 24.7 Å². The molecule has 0 radical (unpaired) electrons. The second kappa shape index (κ2) is 9.84. The number of nitrogens with zero attached hydrogens (tertiary/aromatic N) is 5. The summed E-state index contributed by atoms with van der Waals surface area (Å²) in [5, 5.41) is 0. The summed E-state index contributed by atoms with van der Waals surface area (Å²) in [6.45, 7) is 3.74. The lowest BCUT2D eigenvalue weighted by Gasteiger charge is -2.08. The Labute approximate surface area is 186 Å². The molecular weight excluding hydrogens is 443 g/mol. The number of ether oxygens (including phenoxy) is 2. The first-order valence-corrected chi connectivity index (χ1v) is 10.1. The molecule has 0 N–H and O–H groups in total. The highest BCUT2D eigenvalue weighted by atomic mass is 19.4. The molecule has 4 rings (SSSR count). The molecule has 0 bridgehead atoms. The fourth-order valence-electron chi connectivity index (χ4n) is 3.05. The van der Waals surface area contributed by atoms with Crippen LogP contribution in [0.4, 0.5) is 13.2 Å². The Morgan fingerprint density at radius 2 is 1.79 bits per heavy atom. The summed E-state index contributed by atoms with van der Waals surface area (Å²) < 4.78 is 46.9. The number of alkyl halides is 3. The molecule has 1 aliphatic heterocycles. The van der Waals surface area contributed by atoms with Crippen molar-refractivity contribution in [2.24, 2.45) is 12.0 Å². The molecule has 1 aromatic carbocycles. The van der Waals surface area contributed by atoms with E-state index in [2.05, 4.69) is 19.7 Å². The zero-order valence-corrected chi connectivity index (χ0v) is 18.2. The predicted octanol–water partition coefficient (Wildman–Crippen LogP) is 3.01. The molecule has 0 amide bonds. The molecule has 33 heavy (non-hydrogen) atoms. The van der Waals surface area contributed by atoms with Gasteiger partial charge >= 0.3 is 12.3 Å². The van der Waals surface area contributed by atoms with Gasteiger partial charge in [-0.25, -0.2) is 19.8 Å². The van der Waals surface area contributed by atoms with Gasteiger partial charge in [-0.2, -0.15) is 0 Å².